The third kappa shape index (κ3) is 1.45. The van der Waals surface area contributed by atoms with E-state index in [1.807, 2.05) is 24.3 Å². The molecule has 0 radical (unpaired) electrons. The first-order valence-corrected chi connectivity index (χ1v) is 4.66. The van der Waals surface area contributed by atoms with E-state index < -0.39 is 0 Å². The Morgan fingerprint density at radius 3 is 2.79 bits per heavy atom. The van der Waals surface area contributed by atoms with Gasteiger partial charge in [0.15, 0.2) is 0 Å². The van der Waals surface area contributed by atoms with Crippen LogP contribution in [0.2, 0.25) is 0 Å². The minimum Gasteiger partial charge on any atom is -0.496 e. The second kappa shape index (κ2) is 3.33. The summed E-state index contributed by atoms with van der Waals surface area (Å²) in [6, 6.07) is 7.77. The molecule has 0 aromatic heterocycles. The molecule has 1 aromatic carbocycles. The number of nitrogens with two attached hydrogens (primary N) is 1. The van der Waals surface area contributed by atoms with Gasteiger partial charge < -0.3 is 10.5 Å². The van der Waals surface area contributed by atoms with Crippen LogP contribution in [0.15, 0.2) is 24.3 Å². The van der Waals surface area contributed by atoms with Gasteiger partial charge in [0, 0.05) is 5.92 Å². The zero-order valence-corrected chi connectivity index (χ0v) is 8.07. The third-order valence-electron chi connectivity index (χ3n) is 2.69. The van der Waals surface area contributed by atoms with Gasteiger partial charge in [-0.05, 0) is 24.0 Å². The number of hydrogen-bond acceptors (Lipinski definition) is 2. The summed E-state index contributed by atoms with van der Waals surface area (Å²) in [5.41, 5.74) is 6.33. The summed E-state index contributed by atoms with van der Waals surface area (Å²) in [7, 11) is 1.64. The van der Waals surface area contributed by atoms with Crippen molar-refractivity contribution in [1.82, 2.24) is 0 Å². The standard InChI is InChI=1S/C11H13NO2/c1-14-10-5-3-2-4-7(10)8-6-9(8)11(12)13/h2-5,8-9H,6H2,1H3,(H2,12,13)/t8-,9+/m0/s1. The van der Waals surface area contributed by atoms with Gasteiger partial charge >= 0.3 is 0 Å². The van der Waals surface area contributed by atoms with Gasteiger partial charge in [-0.25, -0.2) is 0 Å². The molecule has 2 rings (SSSR count). The van der Waals surface area contributed by atoms with Crippen molar-refractivity contribution in [2.45, 2.75) is 12.3 Å². The SMILES string of the molecule is COc1ccccc1[C@@H]1C[C@H]1C(N)=O. The number of carbonyl (C=O) groups is 1. The summed E-state index contributed by atoms with van der Waals surface area (Å²) in [5, 5.41) is 0. The van der Waals surface area contributed by atoms with Crippen LogP contribution in [0.25, 0.3) is 0 Å². The number of primary amides is 1. The second-order valence-electron chi connectivity index (χ2n) is 3.59. The maximum Gasteiger partial charge on any atom is 0.221 e. The molecule has 0 heterocycles. The molecule has 2 atom stereocenters. The van der Waals surface area contributed by atoms with Crippen LogP contribution in [-0.4, -0.2) is 13.0 Å². The molecule has 0 unspecified atom stereocenters. The van der Waals surface area contributed by atoms with E-state index in [-0.39, 0.29) is 17.7 Å². The molecule has 74 valence electrons. The van der Waals surface area contributed by atoms with Crippen molar-refractivity contribution < 1.29 is 9.53 Å². The molecule has 1 aliphatic carbocycles. The number of para-hydroxylation sites is 1. The average Bonchev–Trinajstić information content (AvgIpc) is 2.97. The van der Waals surface area contributed by atoms with Crippen LogP contribution in [0.5, 0.6) is 5.75 Å². The minimum atomic E-state index is -0.207. The fourth-order valence-electron chi connectivity index (χ4n) is 1.83. The van der Waals surface area contributed by atoms with Gasteiger partial charge in [-0.15, -0.1) is 0 Å². The van der Waals surface area contributed by atoms with Crippen LogP contribution in [-0.2, 0) is 4.79 Å². The monoisotopic (exact) mass is 191 g/mol. The summed E-state index contributed by atoms with van der Waals surface area (Å²) in [4.78, 5) is 10.9. The molecule has 1 aromatic rings. The molecule has 1 amide bonds. The number of benzene rings is 1. The largest absolute Gasteiger partial charge is 0.496 e. The maximum absolute atomic E-state index is 10.9. The lowest BCUT2D eigenvalue weighted by Gasteiger charge is -2.06. The van der Waals surface area contributed by atoms with Gasteiger partial charge in [0.2, 0.25) is 5.91 Å². The van der Waals surface area contributed by atoms with E-state index in [1.165, 1.54) is 0 Å². The number of ether oxygens (including phenoxy) is 1. The van der Waals surface area contributed by atoms with Crippen LogP contribution < -0.4 is 10.5 Å². The Morgan fingerprint density at radius 2 is 2.21 bits per heavy atom. The van der Waals surface area contributed by atoms with Crippen LogP contribution in [0.1, 0.15) is 17.9 Å². The third-order valence-corrected chi connectivity index (χ3v) is 2.69. The molecule has 1 saturated carbocycles. The van der Waals surface area contributed by atoms with Crippen molar-refractivity contribution >= 4 is 5.91 Å². The van der Waals surface area contributed by atoms with Crippen LogP contribution in [0, 0.1) is 5.92 Å². The Bertz CT molecular complexity index is 362. The Balaban J connectivity index is 2.22. The van der Waals surface area contributed by atoms with Crippen molar-refractivity contribution in [1.29, 1.82) is 0 Å². The molecule has 3 nitrogen and oxygen atoms in total. The zero-order valence-electron chi connectivity index (χ0n) is 8.07. The molecule has 3 heteroatoms. The lowest BCUT2D eigenvalue weighted by Crippen LogP contribution is -2.13. The highest BCUT2D eigenvalue weighted by Gasteiger charge is 2.43. The molecular weight excluding hydrogens is 178 g/mol. The van der Waals surface area contributed by atoms with Gasteiger partial charge in [-0.3, -0.25) is 4.79 Å². The van der Waals surface area contributed by atoms with Gasteiger partial charge in [0.05, 0.1) is 7.11 Å². The maximum atomic E-state index is 10.9. The van der Waals surface area contributed by atoms with Gasteiger partial charge in [-0.2, -0.15) is 0 Å². The van der Waals surface area contributed by atoms with Crippen molar-refractivity contribution in [2.24, 2.45) is 11.7 Å². The summed E-state index contributed by atoms with van der Waals surface area (Å²) in [5.74, 6) is 0.914. The predicted molar refractivity (Wildman–Crippen MR) is 53.0 cm³/mol. The minimum absolute atomic E-state index is 0.00583. The van der Waals surface area contributed by atoms with E-state index in [9.17, 15) is 4.79 Å². The van der Waals surface area contributed by atoms with E-state index >= 15 is 0 Å². The smallest absolute Gasteiger partial charge is 0.221 e. The first-order chi connectivity index (χ1) is 6.74. The van der Waals surface area contributed by atoms with Crippen molar-refractivity contribution in [3.8, 4) is 5.75 Å². The van der Waals surface area contributed by atoms with Crippen molar-refractivity contribution in [3.63, 3.8) is 0 Å². The number of rotatable bonds is 3. The lowest BCUT2D eigenvalue weighted by molar-refractivity contribution is -0.119. The van der Waals surface area contributed by atoms with Crippen LogP contribution in [0.4, 0.5) is 0 Å². The van der Waals surface area contributed by atoms with E-state index in [0.29, 0.717) is 0 Å². The highest BCUT2D eigenvalue weighted by molar-refractivity contribution is 5.81. The summed E-state index contributed by atoms with van der Waals surface area (Å²) >= 11 is 0. The first kappa shape index (κ1) is 9.06. The van der Waals surface area contributed by atoms with Gasteiger partial charge in [-0.1, -0.05) is 18.2 Å². The van der Waals surface area contributed by atoms with Gasteiger partial charge in [0.1, 0.15) is 5.75 Å². The van der Waals surface area contributed by atoms with Gasteiger partial charge in [0.25, 0.3) is 0 Å². The van der Waals surface area contributed by atoms with Crippen molar-refractivity contribution in [2.75, 3.05) is 7.11 Å². The molecule has 1 fully saturated rings. The molecule has 0 saturated heterocycles. The molecular formula is C11H13NO2. The van der Waals surface area contributed by atoms with Crippen LogP contribution in [0.3, 0.4) is 0 Å². The summed E-state index contributed by atoms with van der Waals surface area (Å²) in [6.45, 7) is 0. The van der Waals surface area contributed by atoms with Crippen LogP contribution >= 0.6 is 0 Å². The molecule has 0 spiro atoms. The molecule has 1 aliphatic rings. The average molecular weight is 191 g/mol. The van der Waals surface area contributed by atoms with E-state index in [1.54, 1.807) is 7.11 Å². The molecule has 0 bridgehead atoms. The number of methoxy groups -OCH3 is 1. The molecule has 14 heavy (non-hydrogen) atoms. The highest BCUT2D eigenvalue weighted by Crippen LogP contribution is 2.49. The Hall–Kier alpha value is -1.51. The Labute approximate surface area is 82.9 Å². The molecule has 0 aliphatic heterocycles. The number of carbonyl (C=O) groups excluding carboxylic acids is 1. The second-order valence-corrected chi connectivity index (χ2v) is 3.59. The Kier molecular flexibility index (Phi) is 2.15. The fraction of sp³-hybridized carbons (Fsp3) is 0.364. The summed E-state index contributed by atoms with van der Waals surface area (Å²) < 4.78 is 5.22. The highest BCUT2D eigenvalue weighted by atomic mass is 16.5. The van der Waals surface area contributed by atoms with Crippen molar-refractivity contribution in [3.05, 3.63) is 29.8 Å². The van der Waals surface area contributed by atoms with E-state index in [0.717, 1.165) is 17.7 Å². The summed E-state index contributed by atoms with van der Waals surface area (Å²) in [6.07, 6.45) is 0.857. The topological polar surface area (TPSA) is 52.3 Å². The first-order valence-electron chi connectivity index (χ1n) is 4.66. The molecule has 2 N–H and O–H groups in total. The Morgan fingerprint density at radius 1 is 1.50 bits per heavy atom. The fourth-order valence-corrected chi connectivity index (χ4v) is 1.83. The number of amides is 1. The zero-order chi connectivity index (χ0) is 10.1. The quantitative estimate of drug-likeness (QED) is 0.782. The van der Waals surface area contributed by atoms with E-state index in [2.05, 4.69) is 0 Å². The van der Waals surface area contributed by atoms with E-state index in [4.69, 9.17) is 10.5 Å². The number of hydrogen-bond donors (Lipinski definition) is 1. The lowest BCUT2D eigenvalue weighted by atomic mass is 10.1. The normalized spacial score (nSPS) is 24.4. The predicted octanol–water partition coefficient (Wildman–Crippen LogP) is 1.28.